The van der Waals surface area contributed by atoms with Gasteiger partial charge in [-0.05, 0) is 72.9 Å². The van der Waals surface area contributed by atoms with Crippen LogP contribution in [0.15, 0.2) is 91.3 Å². The monoisotopic (exact) mass is 469 g/mol. The number of hydrogen-bond donors (Lipinski definition) is 1. The van der Waals surface area contributed by atoms with Crippen LogP contribution in [0.25, 0.3) is 5.69 Å². The van der Waals surface area contributed by atoms with E-state index < -0.39 is 0 Å². The van der Waals surface area contributed by atoms with Crippen LogP contribution in [-0.4, -0.2) is 35.9 Å². The smallest absolute Gasteiger partial charge is 0.174 e. The zero-order valence-electron chi connectivity index (χ0n) is 19.4. The fourth-order valence-corrected chi connectivity index (χ4v) is 4.82. The Hall–Kier alpha value is -3.84. The number of nitrogens with one attached hydrogen (secondary N) is 1. The van der Waals surface area contributed by atoms with Gasteiger partial charge < -0.3 is 24.4 Å². The van der Waals surface area contributed by atoms with Crippen LogP contribution >= 0.6 is 12.2 Å². The number of aromatic nitrogens is 2. The fraction of sp³-hybridized carbons (Fsp3) is 0.185. The molecule has 0 unspecified atom stereocenters. The maximum atomic E-state index is 5.88. The minimum absolute atomic E-state index is 0.103. The van der Waals surface area contributed by atoms with E-state index in [1.54, 1.807) is 7.11 Å². The SMILES string of the molecule is COc1cccc(-n2cccc2[C@H]2[C@H](c3ccccn3)NC(=S)N2c2ccc(N(C)C)cc2)c1. The number of hydrogen-bond acceptors (Lipinski definition) is 4. The van der Waals surface area contributed by atoms with Crippen molar-refractivity contribution in [2.75, 3.05) is 31.0 Å². The molecule has 34 heavy (non-hydrogen) atoms. The maximum absolute atomic E-state index is 5.88. The van der Waals surface area contributed by atoms with Crippen molar-refractivity contribution in [3.05, 3.63) is 103 Å². The molecule has 0 spiro atoms. The second kappa shape index (κ2) is 9.19. The van der Waals surface area contributed by atoms with Gasteiger partial charge in [0.15, 0.2) is 5.11 Å². The second-order valence-electron chi connectivity index (χ2n) is 8.41. The van der Waals surface area contributed by atoms with Gasteiger partial charge in [0, 0.05) is 55.3 Å². The molecule has 1 aliphatic rings. The highest BCUT2D eigenvalue weighted by Crippen LogP contribution is 2.42. The van der Waals surface area contributed by atoms with Crippen LogP contribution in [0.4, 0.5) is 11.4 Å². The predicted molar refractivity (Wildman–Crippen MR) is 141 cm³/mol. The molecule has 5 rings (SSSR count). The summed E-state index contributed by atoms with van der Waals surface area (Å²) >= 11 is 5.88. The molecule has 2 aromatic carbocycles. The highest BCUT2D eigenvalue weighted by atomic mass is 32.1. The summed E-state index contributed by atoms with van der Waals surface area (Å²) in [5, 5.41) is 4.22. The fourth-order valence-electron chi connectivity index (χ4n) is 4.48. The minimum atomic E-state index is -0.110. The normalized spacial score (nSPS) is 17.5. The molecule has 2 aromatic heterocycles. The summed E-state index contributed by atoms with van der Waals surface area (Å²) in [6.45, 7) is 0. The number of ether oxygens (including phenoxy) is 1. The van der Waals surface area contributed by atoms with Crippen molar-refractivity contribution in [3.8, 4) is 11.4 Å². The number of benzene rings is 2. The molecule has 7 heteroatoms. The molecule has 3 heterocycles. The van der Waals surface area contributed by atoms with Gasteiger partial charge in [-0.15, -0.1) is 0 Å². The summed E-state index contributed by atoms with van der Waals surface area (Å²) in [6, 6.07) is 26.5. The first-order valence-corrected chi connectivity index (χ1v) is 11.6. The number of nitrogens with zero attached hydrogens (tertiary/aromatic N) is 4. The first-order chi connectivity index (χ1) is 16.6. The molecule has 6 nitrogen and oxygen atoms in total. The molecule has 0 aliphatic carbocycles. The van der Waals surface area contributed by atoms with Gasteiger partial charge in [-0.1, -0.05) is 12.1 Å². The van der Waals surface area contributed by atoms with Gasteiger partial charge in [0.2, 0.25) is 0 Å². The van der Waals surface area contributed by atoms with Gasteiger partial charge in [0.05, 0.1) is 18.8 Å². The Bertz CT molecular complexity index is 1290. The van der Waals surface area contributed by atoms with E-state index in [4.69, 9.17) is 17.0 Å². The molecule has 1 aliphatic heterocycles. The highest BCUT2D eigenvalue weighted by Gasteiger charge is 2.42. The van der Waals surface area contributed by atoms with E-state index in [1.165, 1.54) is 0 Å². The zero-order valence-corrected chi connectivity index (χ0v) is 20.2. The quantitative estimate of drug-likeness (QED) is 0.395. The van der Waals surface area contributed by atoms with Gasteiger partial charge in [-0.3, -0.25) is 4.98 Å². The molecule has 0 amide bonds. The van der Waals surface area contributed by atoms with Crippen LogP contribution < -0.4 is 19.9 Å². The summed E-state index contributed by atoms with van der Waals surface area (Å²) in [4.78, 5) is 8.95. The van der Waals surface area contributed by atoms with E-state index in [1.807, 2.05) is 56.7 Å². The highest BCUT2D eigenvalue weighted by molar-refractivity contribution is 7.80. The molecular weight excluding hydrogens is 442 g/mol. The van der Waals surface area contributed by atoms with Gasteiger partial charge in [0.1, 0.15) is 11.8 Å². The second-order valence-corrected chi connectivity index (χ2v) is 8.80. The first kappa shape index (κ1) is 22.0. The van der Waals surface area contributed by atoms with Crippen LogP contribution in [0.1, 0.15) is 23.5 Å². The largest absolute Gasteiger partial charge is 0.497 e. The van der Waals surface area contributed by atoms with Crippen LogP contribution in [0, 0.1) is 0 Å². The van der Waals surface area contributed by atoms with Crippen LogP contribution in [0.2, 0.25) is 0 Å². The number of thiocarbonyl (C=S) groups is 1. The Morgan fingerprint density at radius 3 is 2.47 bits per heavy atom. The molecule has 1 N–H and O–H groups in total. The molecule has 0 saturated carbocycles. The van der Waals surface area contributed by atoms with E-state index in [0.29, 0.717) is 5.11 Å². The number of anilines is 2. The zero-order chi connectivity index (χ0) is 23.7. The van der Waals surface area contributed by atoms with Crippen molar-refractivity contribution in [2.45, 2.75) is 12.1 Å². The van der Waals surface area contributed by atoms with Gasteiger partial charge >= 0.3 is 0 Å². The molecule has 0 bridgehead atoms. The van der Waals surface area contributed by atoms with Crippen molar-refractivity contribution in [2.24, 2.45) is 0 Å². The van der Waals surface area contributed by atoms with Crippen molar-refractivity contribution in [1.29, 1.82) is 0 Å². The third-order valence-electron chi connectivity index (χ3n) is 6.16. The Balaban J connectivity index is 1.64. The molecular formula is C27H27N5OS. The van der Waals surface area contributed by atoms with E-state index in [0.717, 1.165) is 34.2 Å². The molecule has 1 fully saturated rings. The van der Waals surface area contributed by atoms with Crippen molar-refractivity contribution < 1.29 is 4.74 Å². The van der Waals surface area contributed by atoms with Gasteiger partial charge in [0.25, 0.3) is 0 Å². The van der Waals surface area contributed by atoms with E-state index in [-0.39, 0.29) is 12.1 Å². The Morgan fingerprint density at radius 2 is 1.76 bits per heavy atom. The Kier molecular flexibility index (Phi) is 5.94. The molecule has 2 atom stereocenters. The lowest BCUT2D eigenvalue weighted by Gasteiger charge is -2.29. The van der Waals surface area contributed by atoms with Crippen molar-refractivity contribution in [1.82, 2.24) is 14.9 Å². The van der Waals surface area contributed by atoms with Crippen LogP contribution in [0.3, 0.4) is 0 Å². The lowest BCUT2D eigenvalue weighted by Crippen LogP contribution is -2.30. The van der Waals surface area contributed by atoms with E-state index >= 15 is 0 Å². The lowest BCUT2D eigenvalue weighted by molar-refractivity contribution is 0.414. The summed E-state index contributed by atoms with van der Waals surface area (Å²) in [5.41, 5.74) is 5.25. The van der Waals surface area contributed by atoms with Crippen molar-refractivity contribution >= 4 is 28.7 Å². The Labute approximate surface area is 205 Å². The molecule has 0 radical (unpaired) electrons. The third kappa shape index (κ3) is 3.99. The number of pyridine rings is 1. The minimum Gasteiger partial charge on any atom is -0.497 e. The molecule has 4 aromatic rings. The third-order valence-corrected chi connectivity index (χ3v) is 6.47. The average Bonchev–Trinajstić information content (AvgIpc) is 3.49. The summed E-state index contributed by atoms with van der Waals surface area (Å²) in [6.07, 6.45) is 3.90. The van der Waals surface area contributed by atoms with Crippen molar-refractivity contribution in [3.63, 3.8) is 0 Å². The first-order valence-electron chi connectivity index (χ1n) is 11.2. The van der Waals surface area contributed by atoms with Gasteiger partial charge in [-0.2, -0.15) is 0 Å². The number of methoxy groups -OCH3 is 1. The average molecular weight is 470 g/mol. The predicted octanol–water partition coefficient (Wildman–Crippen LogP) is 5.12. The van der Waals surface area contributed by atoms with Crippen LogP contribution in [-0.2, 0) is 0 Å². The Morgan fingerprint density at radius 1 is 0.941 bits per heavy atom. The number of rotatable bonds is 6. The summed E-state index contributed by atoms with van der Waals surface area (Å²) < 4.78 is 7.67. The topological polar surface area (TPSA) is 45.6 Å². The standard InChI is InChI=1S/C27H27N5OS/c1-30(2)19-12-14-20(15-13-19)32-26(25(29-27(32)34)23-10-4-5-16-28-23)24-11-7-17-31(24)21-8-6-9-22(18-21)33-3/h4-18,25-26H,1-3H3,(H,29,34)/t25-,26-/m0/s1. The lowest BCUT2D eigenvalue weighted by atomic mass is 10.0. The van der Waals surface area contributed by atoms with E-state index in [2.05, 4.69) is 73.3 Å². The maximum Gasteiger partial charge on any atom is 0.174 e. The molecule has 1 saturated heterocycles. The van der Waals surface area contributed by atoms with E-state index in [9.17, 15) is 0 Å². The molecule has 172 valence electrons. The summed E-state index contributed by atoms with van der Waals surface area (Å²) in [7, 11) is 5.77. The summed E-state index contributed by atoms with van der Waals surface area (Å²) in [5.74, 6) is 0.814. The van der Waals surface area contributed by atoms with Crippen LogP contribution in [0.5, 0.6) is 5.75 Å². The van der Waals surface area contributed by atoms with Gasteiger partial charge in [-0.25, -0.2) is 0 Å².